The van der Waals surface area contributed by atoms with E-state index in [1.54, 1.807) is 6.08 Å². The summed E-state index contributed by atoms with van der Waals surface area (Å²) in [5, 5.41) is 0.968. The summed E-state index contributed by atoms with van der Waals surface area (Å²) in [6, 6.07) is 14.8. The minimum Gasteiger partial charge on any atom is -0.461 e. The lowest BCUT2D eigenvalue weighted by Crippen LogP contribution is -2.43. The van der Waals surface area contributed by atoms with Crippen molar-refractivity contribution in [2.24, 2.45) is 0 Å². The molecular formula is C41H36F3N5O4. The highest BCUT2D eigenvalue weighted by atomic mass is 19.1. The molecule has 2 aromatic heterocycles. The van der Waals surface area contributed by atoms with E-state index in [0.29, 0.717) is 55.9 Å². The van der Waals surface area contributed by atoms with Gasteiger partial charge in [0.05, 0.1) is 23.1 Å². The average Bonchev–Trinajstić information content (AvgIpc) is 3.55. The number of pyridine rings is 1. The minimum absolute atomic E-state index is 0.0506. The van der Waals surface area contributed by atoms with Gasteiger partial charge in [-0.05, 0) is 61.0 Å². The summed E-state index contributed by atoms with van der Waals surface area (Å²) in [5.41, 5.74) is 0.0762. The third-order valence-electron chi connectivity index (χ3n) is 10.3. The number of halogens is 3. The minimum atomic E-state index is -0.947. The molecule has 8 rings (SSSR count). The quantitative estimate of drug-likeness (QED) is 0.0735. The van der Waals surface area contributed by atoms with Crippen molar-refractivity contribution in [2.45, 2.75) is 37.4 Å². The van der Waals surface area contributed by atoms with Gasteiger partial charge in [-0.2, -0.15) is 9.97 Å². The number of rotatable bonds is 8. The summed E-state index contributed by atoms with van der Waals surface area (Å²) < 4.78 is 64.5. The average molecular weight is 720 g/mol. The molecule has 53 heavy (non-hydrogen) atoms. The molecule has 0 N–H and O–H groups in total. The standard InChI is InChI=1S/C41H36F3N5O4/c1-2-30-33(43)12-11-27-20-29(53-34(50)13-10-26-8-4-3-5-9-26)21-31(35(27)30)37-36(44)38-32(23-45-37)39(48-15-7-18-51-19-17-48)47-40(46-38)52-25-41-14-6-16-49(41)24-28(42)22-41/h1,3-5,8-13,20-21,23,28H,6-7,14-19,22,24-25H2/t28-,41+/m1/s1. The van der Waals surface area contributed by atoms with E-state index in [0.717, 1.165) is 31.4 Å². The molecule has 270 valence electrons. The predicted molar refractivity (Wildman–Crippen MR) is 195 cm³/mol. The monoisotopic (exact) mass is 719 g/mol. The maximum atomic E-state index is 17.2. The Morgan fingerprint density at radius 1 is 1.08 bits per heavy atom. The van der Waals surface area contributed by atoms with E-state index in [2.05, 4.69) is 20.8 Å². The molecule has 5 heterocycles. The van der Waals surface area contributed by atoms with Crippen molar-refractivity contribution in [1.29, 1.82) is 0 Å². The maximum Gasteiger partial charge on any atom is 0.336 e. The Balaban J connectivity index is 1.24. The van der Waals surface area contributed by atoms with Crippen LogP contribution in [0.3, 0.4) is 0 Å². The fourth-order valence-corrected chi connectivity index (χ4v) is 7.80. The Hall–Kier alpha value is -5.51. The Morgan fingerprint density at radius 3 is 2.79 bits per heavy atom. The van der Waals surface area contributed by atoms with E-state index in [1.807, 2.05) is 35.2 Å². The summed E-state index contributed by atoms with van der Waals surface area (Å²) >= 11 is 0. The normalized spacial score (nSPS) is 20.5. The second kappa shape index (κ2) is 14.5. The zero-order valence-electron chi connectivity index (χ0n) is 28.9. The van der Waals surface area contributed by atoms with Crippen LogP contribution in [-0.2, 0) is 9.53 Å². The number of hydrogen-bond acceptors (Lipinski definition) is 9. The first-order valence-corrected chi connectivity index (χ1v) is 17.7. The molecule has 3 aliphatic rings. The number of terminal acetylenes is 1. The van der Waals surface area contributed by atoms with Crippen molar-refractivity contribution in [3.05, 3.63) is 89.6 Å². The molecule has 0 radical (unpaired) electrons. The molecule has 0 saturated carbocycles. The summed E-state index contributed by atoms with van der Waals surface area (Å²) in [7, 11) is 0. The van der Waals surface area contributed by atoms with Crippen molar-refractivity contribution in [3.8, 4) is 35.4 Å². The lowest BCUT2D eigenvalue weighted by molar-refractivity contribution is -0.128. The molecule has 3 saturated heterocycles. The smallest absolute Gasteiger partial charge is 0.336 e. The second-order valence-electron chi connectivity index (χ2n) is 13.6. The molecule has 0 unspecified atom stereocenters. The number of esters is 1. The molecular weight excluding hydrogens is 683 g/mol. The van der Waals surface area contributed by atoms with Crippen molar-refractivity contribution in [1.82, 2.24) is 19.9 Å². The Morgan fingerprint density at radius 2 is 1.94 bits per heavy atom. The number of alkyl halides is 1. The molecule has 3 aliphatic heterocycles. The fourth-order valence-electron chi connectivity index (χ4n) is 7.80. The van der Waals surface area contributed by atoms with Crippen molar-refractivity contribution in [3.63, 3.8) is 0 Å². The SMILES string of the molecule is C#Cc1c(F)ccc2cc(OC(=O)C=Cc3ccccc3)cc(-c3ncc4c(N5CCCOCC5)nc(OC[C@@]56CCCN5C[C@H](F)C6)nc4c3F)c12. The number of fused-ring (bicyclic) bond motifs is 3. The number of carbonyl (C=O) groups excluding carboxylic acids is 1. The summed E-state index contributed by atoms with van der Waals surface area (Å²) in [4.78, 5) is 30.9. The molecule has 0 amide bonds. The number of carbonyl (C=O) groups is 1. The maximum absolute atomic E-state index is 17.2. The van der Waals surface area contributed by atoms with Gasteiger partial charge in [0.1, 0.15) is 41.4 Å². The van der Waals surface area contributed by atoms with Gasteiger partial charge in [-0.25, -0.2) is 18.0 Å². The second-order valence-corrected chi connectivity index (χ2v) is 13.6. The van der Waals surface area contributed by atoms with Crippen molar-refractivity contribution < 1.29 is 32.2 Å². The summed E-state index contributed by atoms with van der Waals surface area (Å²) in [5.74, 6) is 0.724. The molecule has 2 atom stereocenters. The van der Waals surface area contributed by atoms with Crippen LogP contribution in [0, 0.1) is 24.0 Å². The van der Waals surface area contributed by atoms with E-state index >= 15 is 8.78 Å². The van der Waals surface area contributed by atoms with Crippen LogP contribution in [-0.4, -0.2) is 83.5 Å². The largest absolute Gasteiger partial charge is 0.461 e. The highest BCUT2D eigenvalue weighted by Gasteiger charge is 2.49. The van der Waals surface area contributed by atoms with Gasteiger partial charge in [0.15, 0.2) is 5.82 Å². The third-order valence-corrected chi connectivity index (χ3v) is 10.3. The van der Waals surface area contributed by atoms with E-state index in [4.69, 9.17) is 25.6 Å². The molecule has 3 aromatic carbocycles. The van der Waals surface area contributed by atoms with E-state index in [9.17, 15) is 9.18 Å². The van der Waals surface area contributed by atoms with Crippen molar-refractivity contribution >= 4 is 39.5 Å². The van der Waals surface area contributed by atoms with Gasteiger partial charge in [0, 0.05) is 55.9 Å². The molecule has 12 heteroatoms. The van der Waals surface area contributed by atoms with Crippen LogP contribution in [0.2, 0.25) is 0 Å². The molecule has 9 nitrogen and oxygen atoms in total. The van der Waals surface area contributed by atoms with Crippen LogP contribution in [0.5, 0.6) is 11.8 Å². The molecule has 5 aromatic rings. The van der Waals surface area contributed by atoms with Crippen LogP contribution >= 0.6 is 0 Å². The van der Waals surface area contributed by atoms with Gasteiger partial charge in [-0.15, -0.1) is 6.42 Å². The number of benzene rings is 3. The molecule has 0 aliphatic carbocycles. The van der Waals surface area contributed by atoms with Gasteiger partial charge in [0.25, 0.3) is 0 Å². The molecule has 0 bridgehead atoms. The zero-order chi connectivity index (χ0) is 36.5. The summed E-state index contributed by atoms with van der Waals surface area (Å²) in [6.45, 7) is 3.42. The van der Waals surface area contributed by atoms with Gasteiger partial charge in [-0.1, -0.05) is 42.3 Å². The number of ether oxygens (including phenoxy) is 3. The number of anilines is 1. The molecule has 0 spiro atoms. The lowest BCUT2D eigenvalue weighted by Gasteiger charge is -2.31. The lowest BCUT2D eigenvalue weighted by atomic mass is 9.95. The Bertz CT molecular complexity index is 2270. The van der Waals surface area contributed by atoms with Gasteiger partial charge in [0.2, 0.25) is 0 Å². The van der Waals surface area contributed by atoms with Gasteiger partial charge < -0.3 is 19.1 Å². The van der Waals surface area contributed by atoms with E-state index in [1.165, 1.54) is 36.5 Å². The van der Waals surface area contributed by atoms with Gasteiger partial charge in [-0.3, -0.25) is 9.88 Å². The highest BCUT2D eigenvalue weighted by Crippen LogP contribution is 2.42. The number of hydrogen-bond donors (Lipinski definition) is 0. The predicted octanol–water partition coefficient (Wildman–Crippen LogP) is 6.91. The zero-order valence-corrected chi connectivity index (χ0v) is 28.9. The topological polar surface area (TPSA) is 89.9 Å². The first kappa shape index (κ1) is 34.6. The molecule has 3 fully saturated rings. The summed E-state index contributed by atoms with van der Waals surface area (Å²) in [6.07, 6.45) is 12.0. The third kappa shape index (κ3) is 6.78. The van der Waals surface area contributed by atoms with Crippen molar-refractivity contribution in [2.75, 3.05) is 50.9 Å². The first-order valence-electron chi connectivity index (χ1n) is 17.7. The highest BCUT2D eigenvalue weighted by molar-refractivity contribution is 6.03. The number of nitrogens with zero attached hydrogens (tertiary/aromatic N) is 5. The van der Waals surface area contributed by atoms with Crippen LogP contribution in [0.4, 0.5) is 19.0 Å². The van der Waals surface area contributed by atoms with Crippen LogP contribution in [0.15, 0.2) is 66.9 Å². The van der Waals surface area contributed by atoms with Crippen LogP contribution in [0.1, 0.15) is 36.8 Å². The van der Waals surface area contributed by atoms with Gasteiger partial charge >= 0.3 is 12.0 Å². The van der Waals surface area contributed by atoms with E-state index < -0.39 is 29.3 Å². The first-order chi connectivity index (χ1) is 25.8. The fraction of sp³-hybridized carbons (Fsp3) is 0.317. The Labute approximate surface area is 304 Å². The van der Waals surface area contributed by atoms with E-state index in [-0.39, 0.29) is 46.1 Å². The van der Waals surface area contributed by atoms with Crippen LogP contribution < -0.4 is 14.4 Å². The number of aromatic nitrogens is 3. The Kier molecular flexibility index (Phi) is 9.45. The van der Waals surface area contributed by atoms with Crippen LogP contribution in [0.25, 0.3) is 39.0 Å².